The molecule has 2 amide bonds. The largest absolute Gasteiger partial charge is 0.341 e. The molecule has 1 N–H and O–H groups in total. The second-order valence-electron chi connectivity index (χ2n) is 7.52. The highest BCUT2D eigenvalue weighted by Crippen LogP contribution is 2.40. The molecule has 1 fully saturated rings. The summed E-state index contributed by atoms with van der Waals surface area (Å²) in [5.74, 6) is 0.0875. The van der Waals surface area contributed by atoms with Gasteiger partial charge in [-0.3, -0.25) is 9.59 Å². The Hall–Kier alpha value is -3.28. The predicted octanol–water partition coefficient (Wildman–Crippen LogP) is 3.39. The smallest absolute Gasteiger partial charge is 0.276 e. The quantitative estimate of drug-likeness (QED) is 0.765. The summed E-state index contributed by atoms with van der Waals surface area (Å²) < 4.78 is 0. The first kappa shape index (κ1) is 16.9. The zero-order valence-corrected chi connectivity index (χ0v) is 15.6. The number of hydrogen-bond acceptors (Lipinski definition) is 4. The van der Waals surface area contributed by atoms with Gasteiger partial charge in [0.1, 0.15) is 0 Å². The Kier molecular flexibility index (Phi) is 3.86. The van der Waals surface area contributed by atoms with Gasteiger partial charge in [0, 0.05) is 30.8 Å². The molecule has 1 saturated carbocycles. The Bertz CT molecular complexity index is 1120. The lowest BCUT2D eigenvalue weighted by Gasteiger charge is -2.25. The van der Waals surface area contributed by atoms with E-state index in [4.69, 9.17) is 4.98 Å². The predicted molar refractivity (Wildman–Crippen MR) is 107 cm³/mol. The van der Waals surface area contributed by atoms with E-state index in [2.05, 4.69) is 10.3 Å². The number of nitrogens with one attached hydrogen (secondary N) is 1. The number of benzene rings is 2. The molecule has 5 rings (SSSR count). The molecule has 2 aromatic carbocycles. The highest BCUT2D eigenvalue weighted by atomic mass is 16.2. The summed E-state index contributed by atoms with van der Waals surface area (Å²) in [6.45, 7) is 0.686. The zero-order chi connectivity index (χ0) is 19.3. The van der Waals surface area contributed by atoms with Crippen LogP contribution >= 0.6 is 0 Å². The molecule has 0 atom stereocenters. The summed E-state index contributed by atoms with van der Waals surface area (Å²) in [4.78, 5) is 36.3. The van der Waals surface area contributed by atoms with E-state index in [1.54, 1.807) is 24.1 Å². The zero-order valence-electron chi connectivity index (χ0n) is 15.6. The van der Waals surface area contributed by atoms with Crippen LogP contribution in [0.2, 0.25) is 0 Å². The fraction of sp³-hybridized carbons (Fsp3) is 0.273. The average Bonchev–Trinajstić information content (AvgIpc) is 3.55. The van der Waals surface area contributed by atoms with Crippen LogP contribution in [0.5, 0.6) is 0 Å². The van der Waals surface area contributed by atoms with Crippen molar-refractivity contribution in [1.29, 1.82) is 0 Å². The second kappa shape index (κ2) is 6.41. The van der Waals surface area contributed by atoms with Crippen molar-refractivity contribution in [2.75, 3.05) is 18.9 Å². The maximum Gasteiger partial charge on any atom is 0.276 e. The van der Waals surface area contributed by atoms with Crippen molar-refractivity contribution < 1.29 is 9.59 Å². The molecule has 140 valence electrons. The monoisotopic (exact) mass is 372 g/mol. The summed E-state index contributed by atoms with van der Waals surface area (Å²) in [6, 6.07) is 13.1. The number of carbonyl (C=O) groups excluding carboxylic acids is 2. The molecule has 1 aromatic heterocycles. The van der Waals surface area contributed by atoms with Crippen LogP contribution in [0, 0.1) is 0 Å². The normalized spacial score (nSPS) is 16.2. The van der Waals surface area contributed by atoms with E-state index in [0.29, 0.717) is 29.4 Å². The van der Waals surface area contributed by atoms with Crippen LogP contribution in [0.1, 0.15) is 50.9 Å². The number of nitrogens with zero attached hydrogens (tertiary/aromatic N) is 3. The first-order valence-corrected chi connectivity index (χ1v) is 9.56. The highest BCUT2D eigenvalue weighted by molar-refractivity contribution is 6.05. The molecule has 0 saturated heterocycles. The summed E-state index contributed by atoms with van der Waals surface area (Å²) in [5, 5.41) is 2.96. The minimum atomic E-state index is -0.251. The molecule has 2 aliphatic rings. The van der Waals surface area contributed by atoms with Gasteiger partial charge in [-0.05, 0) is 55.2 Å². The number of anilines is 1. The van der Waals surface area contributed by atoms with Gasteiger partial charge in [0.15, 0.2) is 5.69 Å². The van der Waals surface area contributed by atoms with Crippen LogP contribution in [0.15, 0.2) is 42.5 Å². The number of likely N-dealkylation sites (N-methyl/N-ethyl adjacent to an activating group) is 1. The lowest BCUT2D eigenvalue weighted by Crippen LogP contribution is -2.34. The van der Waals surface area contributed by atoms with E-state index in [1.807, 2.05) is 30.3 Å². The highest BCUT2D eigenvalue weighted by Gasteiger charge is 2.31. The fourth-order valence-corrected chi connectivity index (χ4v) is 3.69. The minimum absolute atomic E-state index is 0.0237. The van der Waals surface area contributed by atoms with Gasteiger partial charge in [-0.1, -0.05) is 12.1 Å². The Balaban J connectivity index is 1.47. The summed E-state index contributed by atoms with van der Waals surface area (Å²) in [5.41, 5.74) is 5.07. The number of aromatic nitrogens is 2. The topological polar surface area (TPSA) is 75.2 Å². The van der Waals surface area contributed by atoms with Gasteiger partial charge in [-0.15, -0.1) is 0 Å². The van der Waals surface area contributed by atoms with Crippen molar-refractivity contribution in [3.63, 3.8) is 0 Å². The first-order chi connectivity index (χ1) is 13.6. The second-order valence-corrected chi connectivity index (χ2v) is 7.52. The number of rotatable bonds is 3. The molecule has 1 aliphatic heterocycles. The summed E-state index contributed by atoms with van der Waals surface area (Å²) >= 11 is 0. The van der Waals surface area contributed by atoms with Crippen LogP contribution in [0.4, 0.5) is 5.69 Å². The van der Waals surface area contributed by atoms with Gasteiger partial charge in [0.2, 0.25) is 0 Å². The molecular formula is C22H20N4O2. The molecule has 6 nitrogen and oxygen atoms in total. The first-order valence-electron chi connectivity index (χ1n) is 9.56. The summed E-state index contributed by atoms with van der Waals surface area (Å²) in [7, 11) is 1.80. The van der Waals surface area contributed by atoms with Crippen LogP contribution in [0.25, 0.3) is 11.0 Å². The Morgan fingerprint density at radius 1 is 1.11 bits per heavy atom. The van der Waals surface area contributed by atoms with Crippen molar-refractivity contribution >= 4 is 28.5 Å². The molecule has 3 aromatic rings. The van der Waals surface area contributed by atoms with Gasteiger partial charge in [-0.2, -0.15) is 0 Å². The molecule has 0 unspecified atom stereocenters. The van der Waals surface area contributed by atoms with E-state index < -0.39 is 0 Å². The van der Waals surface area contributed by atoms with Crippen LogP contribution in [-0.4, -0.2) is 40.3 Å². The number of amides is 2. The molecular weight excluding hydrogens is 352 g/mol. The van der Waals surface area contributed by atoms with Gasteiger partial charge >= 0.3 is 0 Å². The average molecular weight is 372 g/mol. The van der Waals surface area contributed by atoms with Crippen LogP contribution in [0.3, 0.4) is 0 Å². The van der Waals surface area contributed by atoms with Crippen molar-refractivity contribution in [3.8, 4) is 0 Å². The van der Waals surface area contributed by atoms with E-state index in [0.717, 1.165) is 41.6 Å². The Labute approximate surface area is 162 Å². The Morgan fingerprint density at radius 3 is 2.61 bits per heavy atom. The lowest BCUT2D eigenvalue weighted by atomic mass is 9.98. The number of para-hydroxylation sites is 2. The lowest BCUT2D eigenvalue weighted by molar-refractivity contribution is 0.0781. The van der Waals surface area contributed by atoms with Gasteiger partial charge in [0.05, 0.1) is 16.7 Å². The molecule has 0 spiro atoms. The van der Waals surface area contributed by atoms with Gasteiger partial charge in [0.25, 0.3) is 11.8 Å². The third-order valence-electron chi connectivity index (χ3n) is 5.43. The van der Waals surface area contributed by atoms with Gasteiger partial charge in [-0.25, -0.2) is 9.97 Å². The van der Waals surface area contributed by atoms with E-state index in [-0.39, 0.29) is 11.8 Å². The maximum atomic E-state index is 13.0. The van der Waals surface area contributed by atoms with E-state index in [1.165, 1.54) is 0 Å². The molecule has 0 bridgehead atoms. The van der Waals surface area contributed by atoms with E-state index >= 15 is 0 Å². The maximum absolute atomic E-state index is 13.0. The van der Waals surface area contributed by atoms with Crippen molar-refractivity contribution in [1.82, 2.24) is 14.9 Å². The van der Waals surface area contributed by atoms with Crippen LogP contribution in [-0.2, 0) is 6.42 Å². The molecule has 28 heavy (non-hydrogen) atoms. The molecule has 0 radical (unpaired) electrons. The number of hydrogen-bond donors (Lipinski definition) is 1. The SMILES string of the molecule is CN1CCc2cc(NC(=O)c3nc4ccccc4nc3C3CC3)ccc2C1=O. The van der Waals surface area contributed by atoms with E-state index in [9.17, 15) is 9.59 Å². The molecule has 1 aliphatic carbocycles. The standard InChI is InChI=1S/C22H20N4O2/c1-26-11-10-14-12-15(8-9-16(14)22(26)28)23-21(27)20-19(13-6-7-13)24-17-4-2-3-5-18(17)25-20/h2-5,8-9,12-13H,6-7,10-11H2,1H3,(H,23,27). The van der Waals surface area contributed by atoms with Gasteiger partial charge < -0.3 is 10.2 Å². The fourth-order valence-electron chi connectivity index (χ4n) is 3.69. The molecule has 2 heterocycles. The minimum Gasteiger partial charge on any atom is -0.341 e. The number of carbonyl (C=O) groups is 2. The third-order valence-corrected chi connectivity index (χ3v) is 5.43. The summed E-state index contributed by atoms with van der Waals surface area (Å²) in [6.07, 6.45) is 2.87. The van der Waals surface area contributed by atoms with Crippen molar-refractivity contribution in [2.45, 2.75) is 25.2 Å². The Morgan fingerprint density at radius 2 is 1.86 bits per heavy atom. The number of fused-ring (bicyclic) bond motifs is 2. The van der Waals surface area contributed by atoms with Crippen molar-refractivity contribution in [3.05, 3.63) is 65.0 Å². The van der Waals surface area contributed by atoms with Crippen molar-refractivity contribution in [2.24, 2.45) is 0 Å². The molecule has 6 heteroatoms. The third kappa shape index (κ3) is 2.91. The van der Waals surface area contributed by atoms with Crippen LogP contribution < -0.4 is 5.32 Å².